The van der Waals surface area contributed by atoms with Gasteiger partial charge < -0.3 is 15.2 Å². The summed E-state index contributed by atoms with van der Waals surface area (Å²) in [6.07, 6.45) is -2.61. The summed E-state index contributed by atoms with van der Waals surface area (Å²) in [7, 11) is 1.50. The van der Waals surface area contributed by atoms with Gasteiger partial charge in [0.25, 0.3) is 0 Å². The molecule has 0 aliphatic carbocycles. The second-order valence-corrected chi connectivity index (χ2v) is 5.48. The fraction of sp³-hybridized carbons (Fsp3) is 0.333. The van der Waals surface area contributed by atoms with Crippen molar-refractivity contribution in [2.75, 3.05) is 13.7 Å². The van der Waals surface area contributed by atoms with Crippen molar-refractivity contribution in [3.8, 4) is 11.5 Å². The Morgan fingerprint density at radius 1 is 1.04 bits per heavy atom. The Labute approximate surface area is 139 Å². The molecule has 0 saturated heterocycles. The number of halogens is 3. The maximum Gasteiger partial charge on any atom is 0.416 e. The Bertz CT molecular complexity index is 654. The molecule has 3 nitrogen and oxygen atoms in total. The predicted octanol–water partition coefficient (Wildman–Crippen LogP) is 4.14. The number of ether oxygens (including phenoxy) is 1. The molecular formula is C18H20F3NO2. The monoisotopic (exact) mass is 339 g/mol. The molecule has 6 heteroatoms. The quantitative estimate of drug-likeness (QED) is 0.745. The van der Waals surface area contributed by atoms with Crippen molar-refractivity contribution in [3.05, 3.63) is 59.2 Å². The van der Waals surface area contributed by atoms with Gasteiger partial charge in [0.1, 0.15) is 0 Å². The highest BCUT2D eigenvalue weighted by atomic mass is 19.4. The van der Waals surface area contributed by atoms with E-state index in [-0.39, 0.29) is 5.75 Å². The number of aryl methyl sites for hydroxylation is 1. The van der Waals surface area contributed by atoms with E-state index < -0.39 is 11.7 Å². The van der Waals surface area contributed by atoms with Crippen LogP contribution in [0.4, 0.5) is 13.2 Å². The highest BCUT2D eigenvalue weighted by Crippen LogP contribution is 2.29. The van der Waals surface area contributed by atoms with Crippen LogP contribution in [-0.4, -0.2) is 18.8 Å². The average Bonchev–Trinajstić information content (AvgIpc) is 2.55. The Kier molecular flexibility index (Phi) is 6.09. The van der Waals surface area contributed by atoms with Crippen molar-refractivity contribution in [1.29, 1.82) is 0 Å². The number of rotatable bonds is 7. The summed E-state index contributed by atoms with van der Waals surface area (Å²) in [5.41, 5.74) is 1.24. The zero-order valence-corrected chi connectivity index (χ0v) is 13.4. The average molecular weight is 339 g/mol. The van der Waals surface area contributed by atoms with E-state index in [1.807, 2.05) is 6.07 Å². The number of nitrogens with one attached hydrogen (secondary N) is 1. The normalized spacial score (nSPS) is 11.5. The molecule has 0 heterocycles. The smallest absolute Gasteiger partial charge is 0.416 e. The SMILES string of the molecule is COc1cc(CCCNCc2ccc(C(F)(F)F)cc2)ccc1O. The van der Waals surface area contributed by atoms with Gasteiger partial charge in [-0.2, -0.15) is 13.2 Å². The first-order chi connectivity index (χ1) is 11.4. The second kappa shape index (κ2) is 8.06. The van der Waals surface area contributed by atoms with Gasteiger partial charge >= 0.3 is 6.18 Å². The van der Waals surface area contributed by atoms with Gasteiger partial charge in [-0.3, -0.25) is 0 Å². The van der Waals surface area contributed by atoms with Gasteiger partial charge in [0.2, 0.25) is 0 Å². The van der Waals surface area contributed by atoms with E-state index in [0.717, 1.165) is 42.6 Å². The lowest BCUT2D eigenvalue weighted by Crippen LogP contribution is -2.15. The molecule has 0 bridgehead atoms. The molecule has 24 heavy (non-hydrogen) atoms. The number of hydrogen-bond acceptors (Lipinski definition) is 3. The Morgan fingerprint density at radius 2 is 1.71 bits per heavy atom. The van der Waals surface area contributed by atoms with Crippen LogP contribution in [0.1, 0.15) is 23.1 Å². The van der Waals surface area contributed by atoms with Crippen LogP contribution >= 0.6 is 0 Å². The first-order valence-electron chi connectivity index (χ1n) is 7.63. The van der Waals surface area contributed by atoms with Crippen LogP contribution in [0.5, 0.6) is 11.5 Å². The number of phenols is 1. The van der Waals surface area contributed by atoms with Gasteiger partial charge in [0, 0.05) is 6.54 Å². The lowest BCUT2D eigenvalue weighted by atomic mass is 10.1. The van der Waals surface area contributed by atoms with Gasteiger partial charge in [-0.25, -0.2) is 0 Å². The minimum absolute atomic E-state index is 0.113. The van der Waals surface area contributed by atoms with E-state index in [0.29, 0.717) is 12.3 Å². The van der Waals surface area contributed by atoms with Crippen molar-refractivity contribution in [3.63, 3.8) is 0 Å². The topological polar surface area (TPSA) is 41.5 Å². The van der Waals surface area contributed by atoms with E-state index in [1.54, 1.807) is 12.1 Å². The Hall–Kier alpha value is -2.21. The lowest BCUT2D eigenvalue weighted by molar-refractivity contribution is -0.137. The van der Waals surface area contributed by atoms with Crippen molar-refractivity contribution in [2.24, 2.45) is 0 Å². The minimum atomic E-state index is -4.29. The van der Waals surface area contributed by atoms with Crippen molar-refractivity contribution in [2.45, 2.75) is 25.6 Å². The fourth-order valence-corrected chi connectivity index (χ4v) is 2.34. The molecule has 2 N–H and O–H groups in total. The molecule has 0 aliphatic heterocycles. The van der Waals surface area contributed by atoms with Gasteiger partial charge in [-0.1, -0.05) is 18.2 Å². The van der Waals surface area contributed by atoms with E-state index in [2.05, 4.69) is 5.32 Å². The highest BCUT2D eigenvalue weighted by Gasteiger charge is 2.29. The molecule has 0 unspecified atom stereocenters. The number of benzene rings is 2. The van der Waals surface area contributed by atoms with Crippen LogP contribution in [0.2, 0.25) is 0 Å². The van der Waals surface area contributed by atoms with Crippen molar-refractivity contribution in [1.82, 2.24) is 5.32 Å². The van der Waals surface area contributed by atoms with Crippen LogP contribution in [0.15, 0.2) is 42.5 Å². The summed E-state index contributed by atoms with van der Waals surface area (Å²) in [6.45, 7) is 1.27. The third-order valence-corrected chi connectivity index (χ3v) is 3.67. The molecule has 2 aromatic carbocycles. The summed E-state index contributed by atoms with van der Waals surface area (Å²) < 4.78 is 42.5. The fourth-order valence-electron chi connectivity index (χ4n) is 2.34. The van der Waals surface area contributed by atoms with E-state index >= 15 is 0 Å². The second-order valence-electron chi connectivity index (χ2n) is 5.48. The first kappa shape index (κ1) is 18.1. The zero-order valence-electron chi connectivity index (χ0n) is 13.4. The summed E-state index contributed by atoms with van der Waals surface area (Å²) in [5, 5.41) is 12.7. The van der Waals surface area contributed by atoms with Gasteiger partial charge in [-0.15, -0.1) is 0 Å². The molecule has 2 rings (SSSR count). The molecule has 0 radical (unpaired) electrons. The molecule has 0 spiro atoms. The van der Waals surface area contributed by atoms with Crippen LogP contribution in [0.25, 0.3) is 0 Å². The number of aromatic hydroxyl groups is 1. The van der Waals surface area contributed by atoms with Crippen LogP contribution in [0, 0.1) is 0 Å². The molecular weight excluding hydrogens is 319 g/mol. The maximum atomic E-state index is 12.5. The van der Waals surface area contributed by atoms with E-state index in [1.165, 1.54) is 19.2 Å². The number of methoxy groups -OCH3 is 1. The minimum Gasteiger partial charge on any atom is -0.504 e. The van der Waals surface area contributed by atoms with E-state index in [9.17, 15) is 18.3 Å². The summed E-state index contributed by atoms with van der Waals surface area (Å²) >= 11 is 0. The van der Waals surface area contributed by atoms with Crippen LogP contribution < -0.4 is 10.1 Å². The molecule has 0 amide bonds. The van der Waals surface area contributed by atoms with Crippen LogP contribution in [-0.2, 0) is 19.1 Å². The largest absolute Gasteiger partial charge is 0.504 e. The Balaban J connectivity index is 1.73. The maximum absolute atomic E-state index is 12.5. The van der Waals surface area contributed by atoms with Crippen LogP contribution in [0.3, 0.4) is 0 Å². The number of alkyl halides is 3. The molecule has 0 atom stereocenters. The van der Waals surface area contributed by atoms with Crippen molar-refractivity contribution >= 4 is 0 Å². The Morgan fingerprint density at radius 3 is 2.33 bits per heavy atom. The highest BCUT2D eigenvalue weighted by molar-refractivity contribution is 5.41. The first-order valence-corrected chi connectivity index (χ1v) is 7.63. The number of phenolic OH excluding ortho intramolecular Hbond substituents is 1. The third-order valence-electron chi connectivity index (χ3n) is 3.67. The molecule has 0 aliphatic rings. The van der Waals surface area contributed by atoms with Gasteiger partial charge in [-0.05, 0) is 54.8 Å². The zero-order chi connectivity index (χ0) is 17.6. The summed E-state index contributed by atoms with van der Waals surface area (Å²) in [6, 6.07) is 10.4. The van der Waals surface area contributed by atoms with Crippen molar-refractivity contribution < 1.29 is 23.0 Å². The molecule has 2 aromatic rings. The molecule has 0 saturated carbocycles. The van der Waals surface area contributed by atoms with Gasteiger partial charge in [0.05, 0.1) is 12.7 Å². The van der Waals surface area contributed by atoms with E-state index in [4.69, 9.17) is 4.74 Å². The summed E-state index contributed by atoms with van der Waals surface area (Å²) in [4.78, 5) is 0. The molecule has 0 fully saturated rings. The molecule has 0 aromatic heterocycles. The lowest BCUT2D eigenvalue weighted by Gasteiger charge is -2.09. The molecule has 130 valence electrons. The third kappa shape index (κ3) is 5.16. The standard InChI is InChI=1S/C18H20F3NO2/c1-24-17-11-13(6-9-16(17)23)3-2-10-22-12-14-4-7-15(8-5-14)18(19,20)21/h4-9,11,22-23H,2-3,10,12H2,1H3. The predicted molar refractivity (Wildman–Crippen MR) is 86.1 cm³/mol. The van der Waals surface area contributed by atoms with Gasteiger partial charge in [0.15, 0.2) is 11.5 Å². The number of hydrogen-bond donors (Lipinski definition) is 2. The summed E-state index contributed by atoms with van der Waals surface area (Å²) in [5.74, 6) is 0.562.